The van der Waals surface area contributed by atoms with Crippen LogP contribution in [0.4, 0.5) is 0 Å². The van der Waals surface area contributed by atoms with Gasteiger partial charge < -0.3 is 20.3 Å². The van der Waals surface area contributed by atoms with E-state index in [1.807, 2.05) is 0 Å². The largest absolute Gasteiger partial charge is 0.503 e. The van der Waals surface area contributed by atoms with Gasteiger partial charge in [0.2, 0.25) is 29.1 Å². The summed E-state index contributed by atoms with van der Waals surface area (Å²) in [5, 5.41) is 14.3. The van der Waals surface area contributed by atoms with Crippen molar-refractivity contribution in [1.82, 2.24) is 20.1 Å². The number of halogens is 1. The Morgan fingerprint density at radius 1 is 1.06 bits per heavy atom. The Hall–Kier alpha value is -3.21. The second-order valence-corrected chi connectivity index (χ2v) is 8.93. The third-order valence-electron chi connectivity index (χ3n) is 5.80. The summed E-state index contributed by atoms with van der Waals surface area (Å²) in [6.45, 7) is 2.09. The van der Waals surface area contributed by atoms with Crippen LogP contribution in [0.25, 0.3) is 0 Å². The maximum absolute atomic E-state index is 12.1. The molecule has 1 aliphatic rings. The molecule has 0 aliphatic carbocycles. The van der Waals surface area contributed by atoms with Crippen molar-refractivity contribution in [1.29, 1.82) is 0 Å². The number of likely N-dealkylation sites (tertiary alicyclic amines) is 1. The highest BCUT2D eigenvalue weighted by Gasteiger charge is 2.37. The van der Waals surface area contributed by atoms with Crippen molar-refractivity contribution < 1.29 is 29.1 Å². The van der Waals surface area contributed by atoms with E-state index >= 15 is 0 Å². The van der Waals surface area contributed by atoms with Gasteiger partial charge in [0.1, 0.15) is 11.2 Å². The fourth-order valence-corrected chi connectivity index (χ4v) is 3.88. The van der Waals surface area contributed by atoms with Gasteiger partial charge in [-0.25, -0.2) is 0 Å². The van der Waals surface area contributed by atoms with Crippen LogP contribution in [0, 0.1) is 6.92 Å². The lowest BCUT2D eigenvalue weighted by Gasteiger charge is -2.13. The normalized spacial score (nSPS) is 15.4. The van der Waals surface area contributed by atoms with Crippen LogP contribution < -0.4 is 16.1 Å². The van der Waals surface area contributed by atoms with Gasteiger partial charge in [0, 0.05) is 64.1 Å². The lowest BCUT2D eigenvalue weighted by atomic mass is 10.1. The number of nitrogens with one attached hydrogen (secondary N) is 2. The van der Waals surface area contributed by atoms with E-state index in [0.29, 0.717) is 24.4 Å². The van der Waals surface area contributed by atoms with Crippen LogP contribution in [-0.4, -0.2) is 69.0 Å². The van der Waals surface area contributed by atoms with Crippen molar-refractivity contribution in [3.63, 3.8) is 0 Å². The molecule has 0 aromatic carbocycles. The fourth-order valence-electron chi connectivity index (χ4n) is 3.63. The van der Waals surface area contributed by atoms with E-state index in [1.165, 1.54) is 6.07 Å². The molecular weight excluding hydrogens is 480 g/mol. The Kier molecular flexibility index (Phi) is 10.4. The average Bonchev–Trinajstić information content (AvgIpc) is 3.04. The van der Waals surface area contributed by atoms with Crippen molar-refractivity contribution in [2.24, 2.45) is 7.05 Å². The number of hydrogen-bond donors (Lipinski definition) is 3. The minimum atomic E-state index is -0.874. The molecule has 0 saturated carbocycles. The summed E-state index contributed by atoms with van der Waals surface area (Å²) < 4.78 is 1.68. The van der Waals surface area contributed by atoms with E-state index in [4.69, 9.17) is 11.6 Å². The van der Waals surface area contributed by atoms with Crippen molar-refractivity contribution in [3.05, 3.63) is 27.7 Å². The average molecular weight is 511 g/mol. The Morgan fingerprint density at radius 2 is 1.71 bits per heavy atom. The van der Waals surface area contributed by atoms with Gasteiger partial charge in [0.05, 0.1) is 12.1 Å². The molecule has 1 unspecified atom stereocenters. The van der Waals surface area contributed by atoms with Crippen LogP contribution >= 0.6 is 11.6 Å². The highest BCUT2D eigenvalue weighted by Crippen LogP contribution is 2.18. The van der Waals surface area contributed by atoms with E-state index < -0.39 is 22.6 Å². The third kappa shape index (κ3) is 8.20. The van der Waals surface area contributed by atoms with Crippen LogP contribution in [-0.2, 0) is 37.4 Å². The number of carbonyl (C=O) groups is 5. The highest BCUT2D eigenvalue weighted by molar-refractivity contribution is 6.35. The highest BCUT2D eigenvalue weighted by atomic mass is 35.5. The summed E-state index contributed by atoms with van der Waals surface area (Å²) in [6.07, 6.45) is 1.01. The number of Topliss-reactive ketones (excluding diaryl/α,β-unsaturated/α-hetero) is 1. The summed E-state index contributed by atoms with van der Waals surface area (Å²) in [4.78, 5) is 71.9. The minimum Gasteiger partial charge on any atom is -0.503 e. The summed E-state index contributed by atoms with van der Waals surface area (Å²) >= 11 is 5.72. The second-order valence-electron chi connectivity index (χ2n) is 8.40. The summed E-state index contributed by atoms with van der Waals surface area (Å²) in [7, 11) is 1.72. The Labute approximate surface area is 207 Å². The Morgan fingerprint density at radius 3 is 2.37 bits per heavy atom. The molecular formula is C23H31ClN4O7. The molecule has 1 atom stereocenters. The number of imide groups is 1. The first kappa shape index (κ1) is 28.0. The van der Waals surface area contributed by atoms with Crippen LogP contribution in [0.1, 0.15) is 49.9 Å². The molecule has 0 spiro atoms. The maximum atomic E-state index is 12.1. The number of ketones is 1. The standard InChI is InChI=1S/C23H31ClN4O7/c1-14-12-18(30)22(34)17(27(14)2)6-5-15(29)4-3-9-25-19(31)7-10-26-20(32)8-11-28-21(33)13-16(24)23(28)35/h12,16,34H,3-11,13H2,1-2H3,(H,25,31)(H,26,32). The molecule has 11 nitrogen and oxygen atoms in total. The second kappa shape index (κ2) is 13.0. The molecule has 0 bridgehead atoms. The first-order valence-electron chi connectivity index (χ1n) is 11.4. The van der Waals surface area contributed by atoms with Crippen LogP contribution in [0.2, 0.25) is 0 Å². The smallest absolute Gasteiger partial charge is 0.247 e. The summed E-state index contributed by atoms with van der Waals surface area (Å²) in [6, 6.07) is 1.34. The van der Waals surface area contributed by atoms with Gasteiger partial charge >= 0.3 is 0 Å². The number of hydrogen-bond acceptors (Lipinski definition) is 7. The van der Waals surface area contributed by atoms with Gasteiger partial charge in [-0.1, -0.05) is 0 Å². The summed E-state index contributed by atoms with van der Waals surface area (Å²) in [5.41, 5.74) is 0.638. The predicted octanol–water partition coefficient (Wildman–Crippen LogP) is 0.0601. The molecule has 1 aliphatic heterocycles. The molecule has 1 aromatic heterocycles. The number of aryl methyl sites for hydroxylation is 1. The monoisotopic (exact) mass is 510 g/mol. The molecule has 35 heavy (non-hydrogen) atoms. The predicted molar refractivity (Wildman–Crippen MR) is 127 cm³/mol. The van der Waals surface area contributed by atoms with E-state index in [2.05, 4.69) is 10.6 Å². The van der Waals surface area contributed by atoms with E-state index in [0.717, 1.165) is 4.90 Å². The number of rotatable bonds is 13. The lowest BCUT2D eigenvalue weighted by Crippen LogP contribution is -2.36. The molecule has 1 aromatic rings. The van der Waals surface area contributed by atoms with Crippen molar-refractivity contribution in [2.45, 2.75) is 57.2 Å². The number of aromatic nitrogens is 1. The minimum absolute atomic E-state index is 0.0460. The van der Waals surface area contributed by atoms with Crippen LogP contribution in [0.5, 0.6) is 5.75 Å². The lowest BCUT2D eigenvalue weighted by molar-refractivity contribution is -0.138. The Balaban J connectivity index is 1.57. The zero-order chi connectivity index (χ0) is 26.1. The van der Waals surface area contributed by atoms with Gasteiger partial charge in [-0.3, -0.25) is 33.7 Å². The molecule has 1 saturated heterocycles. The Bertz CT molecular complexity index is 1050. The number of amides is 4. The number of aromatic hydroxyl groups is 1. The van der Waals surface area contributed by atoms with E-state index in [9.17, 15) is 33.9 Å². The number of pyridine rings is 1. The van der Waals surface area contributed by atoms with E-state index in [-0.39, 0.29) is 75.0 Å². The molecule has 4 amide bonds. The van der Waals surface area contributed by atoms with Crippen LogP contribution in [0.3, 0.4) is 0 Å². The molecule has 2 heterocycles. The zero-order valence-electron chi connectivity index (χ0n) is 19.9. The van der Waals surface area contributed by atoms with Gasteiger partial charge in [-0.2, -0.15) is 0 Å². The van der Waals surface area contributed by atoms with Gasteiger partial charge in [0.15, 0.2) is 5.75 Å². The molecule has 192 valence electrons. The SMILES string of the molecule is Cc1cc(=O)c(O)c(CCC(=O)CCCNC(=O)CCNC(=O)CCN2C(=O)CC(Cl)C2=O)n1C. The van der Waals surface area contributed by atoms with Gasteiger partial charge in [-0.15, -0.1) is 11.6 Å². The maximum Gasteiger partial charge on any atom is 0.247 e. The molecule has 1 fully saturated rings. The molecule has 3 N–H and O–H groups in total. The first-order valence-corrected chi connectivity index (χ1v) is 11.9. The van der Waals surface area contributed by atoms with Crippen molar-refractivity contribution >= 4 is 41.0 Å². The zero-order valence-corrected chi connectivity index (χ0v) is 20.7. The van der Waals surface area contributed by atoms with Crippen molar-refractivity contribution in [2.75, 3.05) is 19.6 Å². The quantitative estimate of drug-likeness (QED) is 0.192. The van der Waals surface area contributed by atoms with Crippen LogP contribution in [0.15, 0.2) is 10.9 Å². The number of carbonyl (C=O) groups excluding carboxylic acids is 5. The molecule has 2 rings (SSSR count). The topological polar surface area (TPSA) is 155 Å². The molecule has 0 radical (unpaired) electrons. The third-order valence-corrected chi connectivity index (χ3v) is 6.14. The van der Waals surface area contributed by atoms with Gasteiger partial charge in [-0.05, 0) is 19.8 Å². The molecule has 12 heteroatoms. The van der Waals surface area contributed by atoms with E-state index in [1.54, 1.807) is 18.5 Å². The first-order chi connectivity index (χ1) is 16.5. The van der Waals surface area contributed by atoms with Crippen molar-refractivity contribution in [3.8, 4) is 5.75 Å². The number of alkyl halides is 1. The fraction of sp³-hybridized carbons (Fsp3) is 0.565. The summed E-state index contributed by atoms with van der Waals surface area (Å²) in [5.74, 6) is -1.96. The van der Waals surface area contributed by atoms with Gasteiger partial charge in [0.25, 0.3) is 0 Å². The number of nitrogens with zero attached hydrogens (tertiary/aromatic N) is 2.